The molecule has 1 rings (SSSR count). The van der Waals surface area contributed by atoms with Gasteiger partial charge in [0.05, 0.1) is 0 Å². The van der Waals surface area contributed by atoms with Gasteiger partial charge in [0.25, 0.3) is 0 Å². The number of amides is 2. The lowest BCUT2D eigenvalue weighted by Crippen LogP contribution is -2.44. The third kappa shape index (κ3) is 3.94. The molecule has 2 amide bonds. The zero-order valence-electron chi connectivity index (χ0n) is 9.59. The molecule has 0 bridgehead atoms. The SMILES string of the molecule is CC.CN(C)C(=O)N1CCC(F)CC1. The van der Waals surface area contributed by atoms with Crippen molar-refractivity contribution in [1.82, 2.24) is 9.80 Å². The summed E-state index contributed by atoms with van der Waals surface area (Å²) in [4.78, 5) is 14.6. The summed E-state index contributed by atoms with van der Waals surface area (Å²) in [6.45, 7) is 5.11. The van der Waals surface area contributed by atoms with E-state index in [0.29, 0.717) is 25.9 Å². The molecule has 1 heterocycles. The summed E-state index contributed by atoms with van der Waals surface area (Å²) in [5, 5.41) is 0. The first-order valence-corrected chi connectivity index (χ1v) is 5.21. The van der Waals surface area contributed by atoms with Gasteiger partial charge in [0, 0.05) is 27.2 Å². The Morgan fingerprint density at radius 2 is 1.71 bits per heavy atom. The average Bonchev–Trinajstić information content (AvgIpc) is 2.21. The van der Waals surface area contributed by atoms with Crippen LogP contribution in [0.25, 0.3) is 0 Å². The zero-order valence-corrected chi connectivity index (χ0v) is 9.59. The fourth-order valence-corrected chi connectivity index (χ4v) is 1.32. The summed E-state index contributed by atoms with van der Waals surface area (Å²) in [6, 6.07) is -0.0121. The van der Waals surface area contributed by atoms with Crippen molar-refractivity contribution in [1.29, 1.82) is 0 Å². The molecule has 14 heavy (non-hydrogen) atoms. The van der Waals surface area contributed by atoms with Crippen LogP contribution >= 0.6 is 0 Å². The van der Waals surface area contributed by atoms with Gasteiger partial charge < -0.3 is 9.80 Å². The van der Waals surface area contributed by atoms with Crippen molar-refractivity contribution in [3.05, 3.63) is 0 Å². The van der Waals surface area contributed by atoms with Crippen LogP contribution in [0.3, 0.4) is 0 Å². The molecule has 0 unspecified atom stereocenters. The smallest absolute Gasteiger partial charge is 0.319 e. The lowest BCUT2D eigenvalue weighted by Gasteiger charge is -2.30. The molecule has 0 spiro atoms. The van der Waals surface area contributed by atoms with E-state index in [-0.39, 0.29) is 6.03 Å². The number of hydrogen-bond donors (Lipinski definition) is 0. The molecule has 0 aliphatic carbocycles. The highest BCUT2D eigenvalue weighted by Crippen LogP contribution is 2.13. The van der Waals surface area contributed by atoms with Gasteiger partial charge in [-0.25, -0.2) is 9.18 Å². The maximum atomic E-state index is 12.7. The predicted molar refractivity (Wildman–Crippen MR) is 56.1 cm³/mol. The van der Waals surface area contributed by atoms with Crippen molar-refractivity contribution in [3.8, 4) is 0 Å². The Morgan fingerprint density at radius 3 is 2.07 bits per heavy atom. The molecule has 3 nitrogen and oxygen atoms in total. The molecule has 1 aliphatic rings. The summed E-state index contributed by atoms with van der Waals surface area (Å²) < 4.78 is 12.7. The van der Waals surface area contributed by atoms with Crippen molar-refractivity contribution in [2.75, 3.05) is 27.2 Å². The standard InChI is InChI=1S/C8H15FN2O.C2H6/c1-10(2)8(12)11-5-3-7(9)4-6-11;1-2/h7H,3-6H2,1-2H3;1-2H3. The Labute approximate surface area is 85.9 Å². The molecule has 0 radical (unpaired) electrons. The van der Waals surface area contributed by atoms with Crippen LogP contribution in [0.4, 0.5) is 9.18 Å². The predicted octanol–water partition coefficient (Wildman–Crippen LogP) is 2.13. The first-order chi connectivity index (χ1) is 6.61. The monoisotopic (exact) mass is 204 g/mol. The number of halogens is 1. The molecule has 4 heteroatoms. The fourth-order valence-electron chi connectivity index (χ4n) is 1.32. The fraction of sp³-hybridized carbons (Fsp3) is 0.900. The van der Waals surface area contributed by atoms with Crippen LogP contribution in [0.2, 0.25) is 0 Å². The normalized spacial score (nSPS) is 17.1. The van der Waals surface area contributed by atoms with E-state index in [1.165, 1.54) is 4.90 Å². The number of nitrogens with zero attached hydrogens (tertiary/aromatic N) is 2. The van der Waals surface area contributed by atoms with Crippen molar-refractivity contribution >= 4 is 6.03 Å². The van der Waals surface area contributed by atoms with E-state index in [1.54, 1.807) is 19.0 Å². The number of hydrogen-bond acceptors (Lipinski definition) is 1. The Balaban J connectivity index is 0.000000791. The van der Waals surface area contributed by atoms with Gasteiger partial charge in [-0.3, -0.25) is 0 Å². The molecule has 0 aromatic rings. The Bertz CT molecular complexity index is 166. The summed E-state index contributed by atoms with van der Waals surface area (Å²) in [6.07, 6.45) is 0.260. The molecule has 0 aromatic carbocycles. The largest absolute Gasteiger partial charge is 0.331 e. The molecule has 1 aliphatic heterocycles. The second-order valence-corrected chi connectivity index (χ2v) is 3.34. The lowest BCUT2D eigenvalue weighted by molar-refractivity contribution is 0.134. The quantitative estimate of drug-likeness (QED) is 0.593. The number of piperidine rings is 1. The van der Waals surface area contributed by atoms with E-state index in [9.17, 15) is 9.18 Å². The summed E-state index contributed by atoms with van der Waals surface area (Å²) in [5.41, 5.74) is 0. The Morgan fingerprint density at radius 1 is 1.29 bits per heavy atom. The van der Waals surface area contributed by atoms with Crippen LogP contribution in [0.15, 0.2) is 0 Å². The van der Waals surface area contributed by atoms with Crippen molar-refractivity contribution in [3.63, 3.8) is 0 Å². The minimum absolute atomic E-state index is 0.0121. The number of carbonyl (C=O) groups excluding carboxylic acids is 1. The zero-order chi connectivity index (χ0) is 11.1. The van der Waals surface area contributed by atoms with Gasteiger partial charge >= 0.3 is 6.03 Å². The van der Waals surface area contributed by atoms with Crippen molar-refractivity contribution in [2.24, 2.45) is 0 Å². The molecule has 84 valence electrons. The van der Waals surface area contributed by atoms with Crippen LogP contribution in [0, 0.1) is 0 Å². The van der Waals surface area contributed by atoms with Crippen LogP contribution in [-0.2, 0) is 0 Å². The van der Waals surface area contributed by atoms with Crippen molar-refractivity contribution < 1.29 is 9.18 Å². The molecule has 0 N–H and O–H groups in total. The number of rotatable bonds is 0. The minimum atomic E-state index is -0.712. The highest BCUT2D eigenvalue weighted by molar-refractivity contribution is 5.73. The van der Waals surface area contributed by atoms with E-state index >= 15 is 0 Å². The molecule has 1 fully saturated rings. The van der Waals surface area contributed by atoms with Crippen LogP contribution in [0.1, 0.15) is 26.7 Å². The van der Waals surface area contributed by atoms with Gasteiger partial charge in [-0.15, -0.1) is 0 Å². The van der Waals surface area contributed by atoms with E-state index in [1.807, 2.05) is 13.8 Å². The van der Waals surface area contributed by atoms with E-state index in [0.717, 1.165) is 0 Å². The summed E-state index contributed by atoms with van der Waals surface area (Å²) in [5.74, 6) is 0. The molecular formula is C10H21FN2O. The third-order valence-electron chi connectivity index (χ3n) is 2.08. The first kappa shape index (κ1) is 13.2. The molecule has 1 saturated heterocycles. The van der Waals surface area contributed by atoms with Gasteiger partial charge in [-0.2, -0.15) is 0 Å². The van der Waals surface area contributed by atoms with Crippen LogP contribution < -0.4 is 0 Å². The second-order valence-electron chi connectivity index (χ2n) is 3.34. The molecule has 0 saturated carbocycles. The van der Waals surface area contributed by atoms with Gasteiger partial charge in [-0.05, 0) is 12.8 Å². The summed E-state index contributed by atoms with van der Waals surface area (Å²) >= 11 is 0. The van der Waals surface area contributed by atoms with Gasteiger partial charge in [0.1, 0.15) is 6.17 Å². The van der Waals surface area contributed by atoms with Gasteiger partial charge in [0.2, 0.25) is 0 Å². The van der Waals surface area contributed by atoms with Gasteiger partial charge in [0.15, 0.2) is 0 Å². The first-order valence-electron chi connectivity index (χ1n) is 5.21. The molecule has 0 atom stereocenters. The van der Waals surface area contributed by atoms with Crippen LogP contribution in [-0.4, -0.2) is 49.2 Å². The lowest BCUT2D eigenvalue weighted by atomic mass is 10.1. The average molecular weight is 204 g/mol. The Hall–Kier alpha value is -0.800. The number of urea groups is 1. The molecule has 0 aromatic heterocycles. The van der Waals surface area contributed by atoms with Crippen LogP contribution in [0.5, 0.6) is 0 Å². The third-order valence-corrected chi connectivity index (χ3v) is 2.08. The number of likely N-dealkylation sites (tertiary alicyclic amines) is 1. The highest BCUT2D eigenvalue weighted by atomic mass is 19.1. The maximum absolute atomic E-state index is 12.7. The van der Waals surface area contributed by atoms with E-state index < -0.39 is 6.17 Å². The topological polar surface area (TPSA) is 23.6 Å². The minimum Gasteiger partial charge on any atom is -0.331 e. The van der Waals surface area contributed by atoms with E-state index in [4.69, 9.17) is 0 Å². The second kappa shape index (κ2) is 6.62. The van der Waals surface area contributed by atoms with Gasteiger partial charge in [-0.1, -0.05) is 13.8 Å². The molecular weight excluding hydrogens is 183 g/mol. The highest BCUT2D eigenvalue weighted by Gasteiger charge is 2.22. The van der Waals surface area contributed by atoms with E-state index in [2.05, 4.69) is 0 Å². The Kier molecular flexibility index (Phi) is 6.25. The number of alkyl halides is 1. The summed E-state index contributed by atoms with van der Waals surface area (Å²) in [7, 11) is 3.42. The maximum Gasteiger partial charge on any atom is 0.319 e. The van der Waals surface area contributed by atoms with Crippen molar-refractivity contribution in [2.45, 2.75) is 32.9 Å². The number of carbonyl (C=O) groups is 1.